The molecule has 0 spiro atoms. The van der Waals surface area contributed by atoms with Crippen molar-refractivity contribution in [2.75, 3.05) is 22.1 Å². The predicted octanol–water partition coefficient (Wildman–Crippen LogP) is 10.9. The molecular formula is C48H63ClN4O8. The van der Waals surface area contributed by atoms with Crippen LogP contribution in [-0.2, 0) is 25.6 Å². The van der Waals surface area contributed by atoms with Gasteiger partial charge in [0.2, 0.25) is 0 Å². The van der Waals surface area contributed by atoms with E-state index < -0.39 is 59.6 Å². The van der Waals surface area contributed by atoms with E-state index in [1.54, 1.807) is 26.8 Å². The minimum absolute atomic E-state index is 0.0242. The topological polar surface area (TPSA) is 162 Å². The van der Waals surface area contributed by atoms with Crippen LogP contribution in [0.3, 0.4) is 0 Å². The van der Waals surface area contributed by atoms with Crippen LogP contribution >= 0.6 is 11.6 Å². The van der Waals surface area contributed by atoms with Gasteiger partial charge < -0.3 is 20.5 Å². The van der Waals surface area contributed by atoms with Gasteiger partial charge in [0, 0.05) is 16.8 Å². The van der Waals surface area contributed by atoms with Gasteiger partial charge in [0.05, 0.1) is 16.3 Å². The van der Waals surface area contributed by atoms with Gasteiger partial charge in [0.25, 0.3) is 17.7 Å². The highest BCUT2D eigenvalue weighted by Gasteiger charge is 2.49. The Hall–Kier alpha value is -5.23. The van der Waals surface area contributed by atoms with Crippen molar-refractivity contribution < 1.29 is 38.6 Å². The number of unbranched alkanes of at least 4 members (excludes halogenated alkanes) is 12. The number of ether oxygens (including phenoxy) is 1. The summed E-state index contributed by atoms with van der Waals surface area (Å²) in [6.07, 6.45) is 17.4. The summed E-state index contributed by atoms with van der Waals surface area (Å²) in [7, 11) is 0. The third kappa shape index (κ3) is 14.4. The van der Waals surface area contributed by atoms with Crippen molar-refractivity contribution in [2.45, 2.75) is 143 Å². The van der Waals surface area contributed by atoms with E-state index in [9.17, 15) is 33.9 Å². The Balaban J connectivity index is 1.34. The van der Waals surface area contributed by atoms with E-state index in [2.05, 4.69) is 23.6 Å². The number of Topliss-reactive ketones (excluding diaryl/α,β-unsaturated/α-hetero) is 1. The number of hydrogen-bond donors (Lipinski definition) is 3. The van der Waals surface area contributed by atoms with Crippen molar-refractivity contribution in [3.63, 3.8) is 0 Å². The molecule has 2 atom stereocenters. The molecule has 13 heteroatoms. The smallest absolute Gasteiger partial charge is 0.335 e. The first-order chi connectivity index (χ1) is 29.1. The molecule has 12 nitrogen and oxygen atoms in total. The molecule has 0 bridgehead atoms. The monoisotopic (exact) mass is 858 g/mol. The van der Waals surface area contributed by atoms with E-state index in [4.69, 9.17) is 16.3 Å². The molecule has 0 radical (unpaired) electrons. The SMILES string of the molecule is CCCCCCCCCCCCCCCc1cccc(OC(CC)C(=O)Nc2ccc(Cl)c(NC(=O)C(C(=O)C(C)(C)C)N3C(=O)CN(c4cccc(C(=O)O)c4)C3=O)c2)c1. The van der Waals surface area contributed by atoms with Crippen molar-refractivity contribution in [1.82, 2.24) is 4.90 Å². The number of nitrogens with one attached hydrogen (secondary N) is 2. The first-order valence-electron chi connectivity index (χ1n) is 21.8. The molecule has 1 aliphatic rings. The zero-order valence-corrected chi connectivity index (χ0v) is 37.2. The highest BCUT2D eigenvalue weighted by Crippen LogP contribution is 2.31. The number of benzene rings is 3. The second-order valence-corrected chi connectivity index (χ2v) is 17.2. The largest absolute Gasteiger partial charge is 0.481 e. The lowest BCUT2D eigenvalue weighted by Gasteiger charge is -2.29. The Bertz CT molecular complexity index is 2000. The Kier molecular flexibility index (Phi) is 18.8. The second-order valence-electron chi connectivity index (χ2n) is 16.8. The van der Waals surface area contributed by atoms with Gasteiger partial charge in [-0.05, 0) is 73.4 Å². The molecule has 1 saturated heterocycles. The lowest BCUT2D eigenvalue weighted by Crippen LogP contribution is -2.55. The van der Waals surface area contributed by atoms with Crippen molar-refractivity contribution >= 4 is 64.2 Å². The van der Waals surface area contributed by atoms with Crippen LogP contribution in [0.5, 0.6) is 5.75 Å². The van der Waals surface area contributed by atoms with E-state index in [0.29, 0.717) is 17.1 Å². The van der Waals surface area contributed by atoms with Crippen LogP contribution in [0.2, 0.25) is 5.02 Å². The van der Waals surface area contributed by atoms with Crippen molar-refractivity contribution in [3.8, 4) is 5.75 Å². The first-order valence-corrected chi connectivity index (χ1v) is 22.2. The Morgan fingerprint density at radius 3 is 2.00 bits per heavy atom. The van der Waals surface area contributed by atoms with Gasteiger partial charge in [-0.1, -0.05) is 141 Å². The number of urea groups is 1. The van der Waals surface area contributed by atoms with E-state index in [1.165, 1.54) is 113 Å². The highest BCUT2D eigenvalue weighted by atomic mass is 35.5. The van der Waals surface area contributed by atoms with Crippen LogP contribution in [0.4, 0.5) is 21.9 Å². The third-order valence-electron chi connectivity index (χ3n) is 10.8. The number of carbonyl (C=O) groups excluding carboxylic acids is 5. The minimum Gasteiger partial charge on any atom is -0.481 e. The van der Waals surface area contributed by atoms with Crippen LogP contribution < -0.4 is 20.3 Å². The number of hydrogen-bond acceptors (Lipinski definition) is 7. The molecule has 61 heavy (non-hydrogen) atoms. The molecule has 3 N–H and O–H groups in total. The predicted molar refractivity (Wildman–Crippen MR) is 240 cm³/mol. The Labute approximate surface area is 365 Å². The number of anilines is 3. The molecule has 3 aromatic carbocycles. The summed E-state index contributed by atoms with van der Waals surface area (Å²) in [4.78, 5) is 81.5. The van der Waals surface area contributed by atoms with Crippen molar-refractivity contribution in [2.24, 2.45) is 5.41 Å². The Morgan fingerprint density at radius 2 is 1.39 bits per heavy atom. The summed E-state index contributed by atoms with van der Waals surface area (Å²) in [6, 6.07) is 14.8. The number of carboxylic acid groups (broad SMARTS) is 1. The number of rotatable bonds is 25. The molecule has 4 rings (SSSR count). The number of nitrogens with zero attached hydrogens (tertiary/aromatic N) is 2. The van der Waals surface area contributed by atoms with Gasteiger partial charge in [0.15, 0.2) is 17.9 Å². The third-order valence-corrected chi connectivity index (χ3v) is 11.1. The highest BCUT2D eigenvalue weighted by molar-refractivity contribution is 6.34. The molecular weight excluding hydrogens is 796 g/mol. The molecule has 1 heterocycles. The summed E-state index contributed by atoms with van der Waals surface area (Å²) in [5.74, 6) is -3.61. The van der Waals surface area contributed by atoms with Crippen LogP contribution in [-0.4, -0.2) is 64.2 Å². The van der Waals surface area contributed by atoms with E-state index in [-0.39, 0.29) is 27.6 Å². The molecule has 2 unspecified atom stereocenters. The maximum absolute atomic E-state index is 14.0. The summed E-state index contributed by atoms with van der Waals surface area (Å²) < 4.78 is 6.15. The number of aromatic carboxylic acids is 1. The number of carboxylic acids is 1. The van der Waals surface area contributed by atoms with Crippen LogP contribution in [0.15, 0.2) is 66.7 Å². The number of aryl methyl sites for hydroxylation is 1. The zero-order chi connectivity index (χ0) is 44.5. The van der Waals surface area contributed by atoms with Crippen molar-refractivity contribution in [1.29, 1.82) is 0 Å². The molecule has 0 saturated carbocycles. The standard InChI is InChI=1S/C48H63ClN4O8/c1-6-8-9-10-11-12-13-14-15-16-17-18-19-22-33-23-20-26-37(29-33)61-40(7-2)44(56)50-35-27-28-38(49)39(31-35)51-45(57)42(43(55)48(3,4)5)53-41(54)32-52(47(53)60)36-25-21-24-34(30-36)46(58)59/h20-21,23-31,40,42H,6-19,22,32H2,1-5H3,(H,50,56)(H,51,57)(H,58,59). The molecule has 330 valence electrons. The Morgan fingerprint density at radius 1 is 0.770 bits per heavy atom. The summed E-state index contributed by atoms with van der Waals surface area (Å²) in [5, 5.41) is 14.9. The summed E-state index contributed by atoms with van der Waals surface area (Å²) in [5.41, 5.74) is 0.283. The van der Waals surface area contributed by atoms with Gasteiger partial charge in [-0.15, -0.1) is 0 Å². The van der Waals surface area contributed by atoms with Gasteiger partial charge in [-0.3, -0.25) is 24.1 Å². The number of carbonyl (C=O) groups is 6. The molecule has 5 amide bonds. The maximum Gasteiger partial charge on any atom is 0.335 e. The van der Waals surface area contributed by atoms with Crippen LogP contribution in [0.25, 0.3) is 0 Å². The van der Waals surface area contributed by atoms with E-state index >= 15 is 0 Å². The fourth-order valence-electron chi connectivity index (χ4n) is 7.27. The molecule has 3 aromatic rings. The van der Waals surface area contributed by atoms with E-state index in [0.717, 1.165) is 23.3 Å². The molecule has 1 fully saturated rings. The average molecular weight is 860 g/mol. The van der Waals surface area contributed by atoms with Gasteiger partial charge in [-0.2, -0.15) is 0 Å². The summed E-state index contributed by atoms with van der Waals surface area (Å²) in [6.45, 7) is 8.25. The zero-order valence-electron chi connectivity index (χ0n) is 36.4. The van der Waals surface area contributed by atoms with Crippen LogP contribution in [0, 0.1) is 5.41 Å². The number of amides is 5. The first kappa shape index (κ1) is 48.4. The number of halogens is 1. The van der Waals surface area contributed by atoms with E-state index in [1.807, 2.05) is 25.1 Å². The molecule has 0 aliphatic carbocycles. The van der Waals surface area contributed by atoms with Gasteiger partial charge in [-0.25, -0.2) is 14.5 Å². The average Bonchev–Trinajstić information content (AvgIpc) is 3.52. The lowest BCUT2D eigenvalue weighted by molar-refractivity contribution is -0.143. The molecule has 1 aliphatic heterocycles. The van der Waals surface area contributed by atoms with Crippen LogP contribution in [0.1, 0.15) is 140 Å². The number of ketones is 1. The van der Waals surface area contributed by atoms with Gasteiger partial charge >= 0.3 is 12.0 Å². The van der Waals surface area contributed by atoms with Gasteiger partial charge in [0.1, 0.15) is 12.3 Å². The summed E-state index contributed by atoms with van der Waals surface area (Å²) >= 11 is 6.48. The quantitative estimate of drug-likeness (QED) is 0.0431. The maximum atomic E-state index is 14.0. The van der Waals surface area contributed by atoms with Crippen molar-refractivity contribution in [3.05, 3.63) is 82.9 Å². The lowest BCUT2D eigenvalue weighted by atomic mass is 9.85. The fraction of sp³-hybridized carbons (Fsp3) is 0.500. The normalized spacial score (nSPS) is 13.9. The molecule has 0 aromatic heterocycles. The second kappa shape index (κ2) is 23.7. The number of imide groups is 1. The minimum atomic E-state index is -1.89. The fourth-order valence-corrected chi connectivity index (χ4v) is 7.44.